The summed E-state index contributed by atoms with van der Waals surface area (Å²) in [6, 6.07) is 0. The number of halogens is 6. The number of hydrogen-bond acceptors (Lipinski definition) is 2. The molecule has 0 bridgehead atoms. The lowest BCUT2D eigenvalue weighted by molar-refractivity contribution is -0.225. The van der Waals surface area contributed by atoms with Gasteiger partial charge in [0.2, 0.25) is 0 Å². The van der Waals surface area contributed by atoms with Gasteiger partial charge in [-0.3, -0.25) is 0 Å². The highest BCUT2D eigenvalue weighted by molar-refractivity contribution is 7.91. The van der Waals surface area contributed by atoms with Crippen molar-refractivity contribution in [2.75, 3.05) is 6.26 Å². The Balaban J connectivity index is 5.28. The van der Waals surface area contributed by atoms with Crippen molar-refractivity contribution in [3.05, 3.63) is 0 Å². The van der Waals surface area contributed by atoms with E-state index < -0.39 is 27.4 Å². The van der Waals surface area contributed by atoms with Crippen molar-refractivity contribution in [2.45, 2.75) is 17.6 Å². The van der Waals surface area contributed by atoms with E-state index in [-0.39, 0.29) is 6.26 Å². The van der Waals surface area contributed by atoms with E-state index in [0.717, 1.165) is 0 Å². The highest BCUT2D eigenvalue weighted by atomic mass is 32.2. The van der Waals surface area contributed by atoms with Gasteiger partial charge in [0.05, 0.1) is 0 Å². The molecular formula is C4H4F6O2S. The van der Waals surface area contributed by atoms with Gasteiger partial charge >= 0.3 is 12.4 Å². The van der Waals surface area contributed by atoms with Crippen molar-refractivity contribution in [3.63, 3.8) is 0 Å². The van der Waals surface area contributed by atoms with Gasteiger partial charge in [0.15, 0.2) is 9.84 Å². The van der Waals surface area contributed by atoms with Crippen LogP contribution in [0.5, 0.6) is 0 Å². The van der Waals surface area contributed by atoms with Gasteiger partial charge < -0.3 is 0 Å². The molecule has 0 aliphatic rings. The number of rotatable bonds is 1. The van der Waals surface area contributed by atoms with Crippen molar-refractivity contribution >= 4 is 9.84 Å². The van der Waals surface area contributed by atoms with Crippen LogP contribution in [0.3, 0.4) is 0 Å². The van der Waals surface area contributed by atoms with Crippen LogP contribution in [0.15, 0.2) is 0 Å². The van der Waals surface area contributed by atoms with Crippen molar-refractivity contribution in [2.24, 2.45) is 0 Å². The van der Waals surface area contributed by atoms with Gasteiger partial charge in [-0.25, -0.2) is 8.42 Å². The quantitative estimate of drug-likeness (QED) is 0.640. The molecule has 0 unspecified atom stereocenters. The number of hydrogen-bond donors (Lipinski definition) is 0. The summed E-state index contributed by atoms with van der Waals surface area (Å²) in [7, 11) is -5.23. The smallest absolute Gasteiger partial charge is 0.228 e. The molecular weight excluding hydrogens is 226 g/mol. The number of alkyl halides is 6. The van der Waals surface area contributed by atoms with Crippen LogP contribution in [0.4, 0.5) is 26.3 Å². The van der Waals surface area contributed by atoms with Crippen LogP contribution in [-0.4, -0.2) is 32.3 Å². The zero-order valence-electron chi connectivity index (χ0n) is 6.07. The fraction of sp³-hybridized carbons (Fsp3) is 1.00. The van der Waals surface area contributed by atoms with E-state index in [0.29, 0.717) is 0 Å². The minimum atomic E-state index is -5.83. The molecule has 2 nitrogen and oxygen atoms in total. The normalized spacial score (nSPS) is 15.1. The molecule has 0 N–H and O–H groups in total. The molecule has 0 aromatic carbocycles. The first-order chi connectivity index (χ1) is 5.37. The summed E-state index contributed by atoms with van der Waals surface area (Å²) in [6.07, 6.45) is -11.8. The monoisotopic (exact) mass is 230 g/mol. The first kappa shape index (κ1) is 12.5. The lowest BCUT2D eigenvalue weighted by Crippen LogP contribution is -2.47. The van der Waals surface area contributed by atoms with Crippen molar-refractivity contribution in [1.82, 2.24) is 0 Å². The highest BCUT2D eigenvalue weighted by Gasteiger charge is 2.62. The van der Waals surface area contributed by atoms with E-state index >= 15 is 0 Å². The zero-order valence-corrected chi connectivity index (χ0v) is 6.89. The van der Waals surface area contributed by atoms with Crippen molar-refractivity contribution < 1.29 is 34.8 Å². The minimum absolute atomic E-state index is 0.112. The van der Waals surface area contributed by atoms with Crippen LogP contribution in [0.2, 0.25) is 0 Å². The fourth-order valence-electron chi connectivity index (χ4n) is 0.671. The fourth-order valence-corrected chi connectivity index (χ4v) is 1.64. The van der Waals surface area contributed by atoms with Crippen LogP contribution in [-0.2, 0) is 9.84 Å². The van der Waals surface area contributed by atoms with Crippen LogP contribution in [0.1, 0.15) is 0 Å². The molecule has 0 aliphatic heterocycles. The van der Waals surface area contributed by atoms with Gasteiger partial charge in [0.1, 0.15) is 0 Å². The second-order valence-electron chi connectivity index (χ2n) is 2.29. The second kappa shape index (κ2) is 3.03. The van der Waals surface area contributed by atoms with Gasteiger partial charge in [-0.05, 0) is 0 Å². The summed E-state index contributed by atoms with van der Waals surface area (Å²) in [5.41, 5.74) is 0. The maximum atomic E-state index is 11.6. The minimum Gasteiger partial charge on any atom is -0.228 e. The predicted octanol–water partition coefficient (Wildman–Crippen LogP) is 1.52. The van der Waals surface area contributed by atoms with Crippen LogP contribution >= 0.6 is 0 Å². The van der Waals surface area contributed by atoms with Gasteiger partial charge in [-0.1, -0.05) is 0 Å². The third-order valence-corrected chi connectivity index (χ3v) is 2.41. The topological polar surface area (TPSA) is 34.1 Å². The Morgan fingerprint density at radius 1 is 0.923 bits per heavy atom. The Hall–Kier alpha value is -0.470. The second-order valence-corrected chi connectivity index (χ2v) is 4.42. The lowest BCUT2D eigenvalue weighted by atomic mass is 10.4. The third-order valence-electron chi connectivity index (χ3n) is 1.02. The highest BCUT2D eigenvalue weighted by Crippen LogP contribution is 2.37. The molecule has 0 fully saturated rings. The summed E-state index contributed by atoms with van der Waals surface area (Å²) < 4.78 is 90.0. The molecule has 0 radical (unpaired) electrons. The van der Waals surface area contributed by atoms with Gasteiger partial charge in [-0.2, -0.15) is 26.3 Å². The molecule has 0 heterocycles. The largest absolute Gasteiger partial charge is 0.414 e. The average molecular weight is 230 g/mol. The van der Waals surface area contributed by atoms with E-state index in [4.69, 9.17) is 0 Å². The molecule has 13 heavy (non-hydrogen) atoms. The van der Waals surface area contributed by atoms with Gasteiger partial charge in [-0.15, -0.1) is 0 Å². The molecule has 0 rings (SSSR count). The Kier molecular flexibility index (Phi) is 2.92. The van der Waals surface area contributed by atoms with Crippen LogP contribution < -0.4 is 0 Å². The molecule has 0 aliphatic carbocycles. The van der Waals surface area contributed by atoms with E-state index in [1.807, 2.05) is 0 Å². The summed E-state index contributed by atoms with van der Waals surface area (Å²) in [5.74, 6) is 0. The summed E-state index contributed by atoms with van der Waals surface area (Å²) in [4.78, 5) is 0. The van der Waals surface area contributed by atoms with Crippen molar-refractivity contribution in [3.8, 4) is 0 Å². The molecule has 0 saturated heterocycles. The van der Waals surface area contributed by atoms with Crippen LogP contribution in [0, 0.1) is 0 Å². The summed E-state index contributed by atoms with van der Waals surface area (Å²) in [5, 5.41) is -4.30. The molecule has 0 spiro atoms. The molecule has 0 atom stereocenters. The molecule has 80 valence electrons. The average Bonchev–Trinajstić information content (AvgIpc) is 1.44. The molecule has 0 aromatic heterocycles. The van der Waals surface area contributed by atoms with Gasteiger partial charge in [0.25, 0.3) is 5.25 Å². The number of sulfone groups is 1. The Labute approximate surface area is 69.5 Å². The Morgan fingerprint density at radius 3 is 1.15 bits per heavy atom. The van der Waals surface area contributed by atoms with Gasteiger partial charge in [0, 0.05) is 6.26 Å². The van der Waals surface area contributed by atoms with E-state index in [2.05, 4.69) is 0 Å². The first-order valence-corrected chi connectivity index (χ1v) is 4.64. The Morgan fingerprint density at radius 2 is 1.15 bits per heavy atom. The van der Waals surface area contributed by atoms with Crippen molar-refractivity contribution in [1.29, 1.82) is 0 Å². The lowest BCUT2D eigenvalue weighted by Gasteiger charge is -2.20. The molecule has 0 amide bonds. The van der Waals surface area contributed by atoms with E-state index in [9.17, 15) is 34.8 Å². The third kappa shape index (κ3) is 3.41. The SMILES string of the molecule is CS(=O)(=O)C(C(F)(F)F)C(F)(F)F. The van der Waals surface area contributed by atoms with Crippen LogP contribution in [0.25, 0.3) is 0 Å². The summed E-state index contributed by atoms with van der Waals surface area (Å²) >= 11 is 0. The summed E-state index contributed by atoms with van der Waals surface area (Å²) in [6.45, 7) is 0. The molecule has 0 saturated carbocycles. The maximum Gasteiger partial charge on any atom is 0.414 e. The molecule has 9 heteroatoms. The predicted molar refractivity (Wildman–Crippen MR) is 30.7 cm³/mol. The maximum absolute atomic E-state index is 11.6. The molecule has 0 aromatic rings. The zero-order chi connectivity index (χ0) is 11.1. The Bertz CT molecular complexity index is 258. The van der Waals surface area contributed by atoms with E-state index in [1.54, 1.807) is 0 Å². The van der Waals surface area contributed by atoms with E-state index in [1.165, 1.54) is 0 Å². The first-order valence-electron chi connectivity index (χ1n) is 2.69. The standard InChI is InChI=1S/C4H4F6O2S/c1-13(11,12)2(3(5,6)7)4(8,9)10/h2H,1H3.